The molecule has 1 aliphatic heterocycles. The Morgan fingerprint density at radius 2 is 1.78 bits per heavy atom. The Morgan fingerprint density at radius 1 is 1.07 bits per heavy atom. The van der Waals surface area contributed by atoms with Crippen molar-refractivity contribution in [3.63, 3.8) is 0 Å². The molecule has 2 aromatic rings. The average Bonchev–Trinajstić information content (AvgIpc) is 2.66. The van der Waals surface area contributed by atoms with Crippen molar-refractivity contribution in [3.8, 4) is 0 Å². The zero-order chi connectivity index (χ0) is 19.3. The van der Waals surface area contributed by atoms with Crippen LogP contribution in [0.15, 0.2) is 35.2 Å². The maximum absolute atomic E-state index is 12.9. The third-order valence-corrected chi connectivity index (χ3v) is 5.82. The van der Waals surface area contributed by atoms with E-state index in [1.54, 1.807) is 0 Å². The van der Waals surface area contributed by atoms with Gasteiger partial charge in [-0.3, -0.25) is 0 Å². The summed E-state index contributed by atoms with van der Waals surface area (Å²) in [5.74, 6) is 0.907. The summed E-state index contributed by atoms with van der Waals surface area (Å²) >= 11 is 0. The lowest BCUT2D eigenvalue weighted by Crippen LogP contribution is -2.31. The van der Waals surface area contributed by atoms with Crippen LogP contribution in [0.5, 0.6) is 0 Å². The van der Waals surface area contributed by atoms with E-state index in [1.807, 2.05) is 13.0 Å². The van der Waals surface area contributed by atoms with Gasteiger partial charge in [0.25, 0.3) is 0 Å². The zero-order valence-electron chi connectivity index (χ0n) is 15.3. The van der Waals surface area contributed by atoms with Crippen LogP contribution in [0.3, 0.4) is 0 Å². The lowest BCUT2D eigenvalue weighted by Gasteiger charge is -2.28. The van der Waals surface area contributed by atoms with E-state index in [2.05, 4.69) is 24.9 Å². The van der Waals surface area contributed by atoms with Crippen LogP contribution in [0.1, 0.15) is 25.0 Å². The van der Waals surface area contributed by atoms with E-state index < -0.39 is 15.8 Å². The van der Waals surface area contributed by atoms with Gasteiger partial charge in [0.15, 0.2) is 0 Å². The molecule has 0 saturated carbocycles. The number of nitrogens with one attached hydrogen (secondary N) is 2. The molecule has 2 heterocycles. The van der Waals surface area contributed by atoms with Crippen LogP contribution in [0, 0.1) is 12.7 Å². The van der Waals surface area contributed by atoms with E-state index in [9.17, 15) is 12.8 Å². The number of hydrogen-bond donors (Lipinski definition) is 2. The van der Waals surface area contributed by atoms with Gasteiger partial charge in [-0.15, -0.1) is 0 Å². The number of aromatic nitrogens is 2. The number of piperidine rings is 1. The smallest absolute Gasteiger partial charge is 0.240 e. The fourth-order valence-corrected chi connectivity index (χ4v) is 4.00. The molecule has 0 atom stereocenters. The Bertz CT molecular complexity index is 868. The summed E-state index contributed by atoms with van der Waals surface area (Å²) in [6.07, 6.45) is 3.58. The molecule has 1 aromatic heterocycles. The van der Waals surface area contributed by atoms with Gasteiger partial charge >= 0.3 is 0 Å². The van der Waals surface area contributed by atoms with Gasteiger partial charge in [-0.25, -0.2) is 22.5 Å². The Labute approximate surface area is 159 Å². The molecular formula is C18H24FN5O2S. The highest BCUT2D eigenvalue weighted by Crippen LogP contribution is 2.19. The maximum Gasteiger partial charge on any atom is 0.240 e. The number of sulfonamides is 1. The molecule has 146 valence electrons. The third-order valence-electron chi connectivity index (χ3n) is 4.34. The van der Waals surface area contributed by atoms with Gasteiger partial charge in [-0.1, -0.05) is 0 Å². The summed E-state index contributed by atoms with van der Waals surface area (Å²) in [7, 11) is -3.67. The number of aryl methyl sites for hydroxylation is 1. The normalized spacial score (nSPS) is 15.0. The fraction of sp³-hybridized carbons (Fsp3) is 0.444. The number of benzene rings is 1. The quantitative estimate of drug-likeness (QED) is 0.702. The van der Waals surface area contributed by atoms with E-state index in [1.165, 1.54) is 18.6 Å². The van der Waals surface area contributed by atoms with Gasteiger partial charge in [-0.05, 0) is 50.5 Å². The Balaban J connectivity index is 1.55. The predicted octanol–water partition coefficient (Wildman–Crippen LogP) is 2.30. The van der Waals surface area contributed by atoms with E-state index in [0.717, 1.165) is 49.6 Å². The van der Waals surface area contributed by atoms with Crippen LogP contribution in [-0.4, -0.2) is 44.6 Å². The molecule has 1 fully saturated rings. The number of rotatable bonds is 7. The standard InChI is InChI=1S/C18H24FN5O2S/c1-14-13-17(24-11-3-2-4-12-24)23-18(22-14)20-9-10-21-27(25,26)16-7-5-15(19)6-8-16/h5-8,13,21H,2-4,9-12H2,1H3,(H,20,22,23). The van der Waals surface area contributed by atoms with E-state index >= 15 is 0 Å². The van der Waals surface area contributed by atoms with Crippen LogP contribution in [0.4, 0.5) is 16.2 Å². The SMILES string of the molecule is Cc1cc(N2CCCCC2)nc(NCCNS(=O)(=O)c2ccc(F)cc2)n1. The predicted molar refractivity (Wildman–Crippen MR) is 103 cm³/mol. The first-order chi connectivity index (χ1) is 12.9. The van der Waals surface area contributed by atoms with Crippen LogP contribution in [0.2, 0.25) is 0 Å². The van der Waals surface area contributed by atoms with Crippen molar-refractivity contribution in [1.29, 1.82) is 0 Å². The molecule has 0 radical (unpaired) electrons. The van der Waals surface area contributed by atoms with Crippen LogP contribution < -0.4 is 14.9 Å². The van der Waals surface area contributed by atoms with Crippen molar-refractivity contribution < 1.29 is 12.8 Å². The highest BCUT2D eigenvalue weighted by Gasteiger charge is 2.15. The molecule has 1 aromatic carbocycles. The van der Waals surface area contributed by atoms with Gasteiger partial charge < -0.3 is 10.2 Å². The summed E-state index contributed by atoms with van der Waals surface area (Å²) < 4.78 is 39.7. The molecule has 9 heteroatoms. The topological polar surface area (TPSA) is 87.2 Å². The molecule has 0 aliphatic carbocycles. The fourth-order valence-electron chi connectivity index (χ4n) is 2.97. The second-order valence-electron chi connectivity index (χ2n) is 6.52. The van der Waals surface area contributed by atoms with Gasteiger partial charge in [0.2, 0.25) is 16.0 Å². The number of anilines is 2. The first kappa shape index (κ1) is 19.5. The molecule has 27 heavy (non-hydrogen) atoms. The zero-order valence-corrected chi connectivity index (χ0v) is 16.1. The molecular weight excluding hydrogens is 369 g/mol. The molecule has 1 aliphatic rings. The van der Waals surface area contributed by atoms with Crippen molar-refractivity contribution in [2.45, 2.75) is 31.1 Å². The van der Waals surface area contributed by atoms with Crippen LogP contribution >= 0.6 is 0 Å². The van der Waals surface area contributed by atoms with Gasteiger partial charge in [-0.2, -0.15) is 4.98 Å². The molecule has 3 rings (SSSR count). The van der Waals surface area contributed by atoms with Crippen molar-refractivity contribution in [2.24, 2.45) is 0 Å². The Kier molecular flexibility index (Phi) is 6.22. The minimum absolute atomic E-state index is 0.0306. The molecule has 1 saturated heterocycles. The summed E-state index contributed by atoms with van der Waals surface area (Å²) in [6.45, 7) is 4.40. The van der Waals surface area contributed by atoms with Crippen molar-refractivity contribution in [2.75, 3.05) is 36.4 Å². The second-order valence-corrected chi connectivity index (χ2v) is 8.28. The lowest BCUT2D eigenvalue weighted by atomic mass is 10.1. The van der Waals surface area contributed by atoms with Gasteiger partial charge in [0.1, 0.15) is 11.6 Å². The average molecular weight is 393 g/mol. The lowest BCUT2D eigenvalue weighted by molar-refractivity contribution is 0.573. The first-order valence-corrected chi connectivity index (χ1v) is 10.5. The van der Waals surface area contributed by atoms with Crippen molar-refractivity contribution in [3.05, 3.63) is 41.8 Å². The minimum atomic E-state index is -3.67. The van der Waals surface area contributed by atoms with Crippen LogP contribution in [-0.2, 0) is 10.0 Å². The molecule has 0 unspecified atom stereocenters. The minimum Gasteiger partial charge on any atom is -0.356 e. The molecule has 0 amide bonds. The van der Waals surface area contributed by atoms with E-state index in [4.69, 9.17) is 0 Å². The largest absolute Gasteiger partial charge is 0.356 e. The highest BCUT2D eigenvalue weighted by molar-refractivity contribution is 7.89. The molecule has 7 nitrogen and oxygen atoms in total. The van der Waals surface area contributed by atoms with E-state index in [0.29, 0.717) is 12.5 Å². The summed E-state index contributed by atoms with van der Waals surface area (Å²) in [5, 5.41) is 3.06. The Hall–Kier alpha value is -2.26. The number of halogens is 1. The first-order valence-electron chi connectivity index (χ1n) is 9.04. The maximum atomic E-state index is 12.9. The number of nitrogens with zero attached hydrogens (tertiary/aromatic N) is 3. The summed E-state index contributed by atoms with van der Waals surface area (Å²) in [6, 6.07) is 6.68. The summed E-state index contributed by atoms with van der Waals surface area (Å²) in [4.78, 5) is 11.2. The van der Waals surface area contributed by atoms with Crippen LogP contribution in [0.25, 0.3) is 0 Å². The van der Waals surface area contributed by atoms with Crippen molar-refractivity contribution in [1.82, 2.24) is 14.7 Å². The van der Waals surface area contributed by atoms with Gasteiger partial charge in [0.05, 0.1) is 4.90 Å². The Morgan fingerprint density at radius 3 is 2.48 bits per heavy atom. The molecule has 0 bridgehead atoms. The summed E-state index contributed by atoms with van der Waals surface area (Å²) in [5.41, 5.74) is 0.861. The second kappa shape index (κ2) is 8.62. The monoisotopic (exact) mass is 393 g/mol. The molecule has 0 spiro atoms. The highest BCUT2D eigenvalue weighted by atomic mass is 32.2. The van der Waals surface area contributed by atoms with Gasteiger partial charge in [0, 0.05) is 37.9 Å². The molecule has 2 N–H and O–H groups in total. The van der Waals surface area contributed by atoms with Crippen molar-refractivity contribution >= 4 is 21.8 Å². The number of hydrogen-bond acceptors (Lipinski definition) is 6. The third kappa shape index (κ3) is 5.36. The van der Waals surface area contributed by atoms with E-state index in [-0.39, 0.29) is 11.4 Å².